The van der Waals surface area contributed by atoms with Crippen molar-refractivity contribution in [3.8, 4) is 0 Å². The number of carbonyl (C=O) groups excluding carboxylic acids is 1. The van der Waals surface area contributed by atoms with Crippen LogP contribution in [0.5, 0.6) is 0 Å². The van der Waals surface area contributed by atoms with Crippen LogP contribution in [0.25, 0.3) is 0 Å². The highest BCUT2D eigenvalue weighted by atomic mass is 35.5. The highest BCUT2D eigenvalue weighted by Crippen LogP contribution is 2.28. The van der Waals surface area contributed by atoms with E-state index in [9.17, 15) is 4.79 Å². The minimum Gasteiger partial charge on any atom is -0.312 e. The molecule has 0 saturated carbocycles. The van der Waals surface area contributed by atoms with E-state index in [2.05, 4.69) is 11.8 Å². The van der Waals surface area contributed by atoms with Gasteiger partial charge in [0.1, 0.15) is 0 Å². The molecule has 1 unspecified atom stereocenters. The molecule has 0 radical (unpaired) electrons. The van der Waals surface area contributed by atoms with E-state index in [-0.39, 0.29) is 5.91 Å². The third kappa shape index (κ3) is 4.97. The molecule has 0 aliphatic rings. The molecule has 0 aromatic heterocycles. The lowest BCUT2D eigenvalue weighted by atomic mass is 10.1. The number of hydrogen-bond acceptors (Lipinski definition) is 2. The van der Waals surface area contributed by atoms with Crippen LogP contribution in [-0.2, 0) is 4.79 Å². The van der Waals surface area contributed by atoms with Crippen LogP contribution < -0.4 is 4.90 Å². The lowest BCUT2D eigenvalue weighted by molar-refractivity contribution is -0.118. The first-order chi connectivity index (χ1) is 9.35. The number of halogens is 2. The Hall–Kier alpha value is -0.770. The monoisotopic (exact) mass is 316 g/mol. The third-order valence-corrected chi connectivity index (χ3v) is 3.73. The molecular formula is C15H22Cl2N2O. The van der Waals surface area contributed by atoms with Gasteiger partial charge in [0.2, 0.25) is 5.91 Å². The normalized spacial score (nSPS) is 12.6. The first kappa shape index (κ1) is 17.3. The van der Waals surface area contributed by atoms with E-state index in [0.29, 0.717) is 28.9 Å². The van der Waals surface area contributed by atoms with E-state index in [4.69, 9.17) is 23.2 Å². The molecule has 20 heavy (non-hydrogen) atoms. The molecule has 0 heterocycles. The second-order valence-electron chi connectivity index (χ2n) is 5.32. The maximum atomic E-state index is 12.2. The van der Waals surface area contributed by atoms with E-state index in [1.54, 1.807) is 17.0 Å². The first-order valence-corrected chi connectivity index (χ1v) is 7.50. The second-order valence-corrected chi connectivity index (χ2v) is 6.14. The lowest BCUT2D eigenvalue weighted by Gasteiger charge is -2.27. The Kier molecular flexibility index (Phi) is 6.80. The van der Waals surface area contributed by atoms with E-state index in [0.717, 1.165) is 12.2 Å². The van der Waals surface area contributed by atoms with Gasteiger partial charge in [-0.15, -0.1) is 0 Å². The van der Waals surface area contributed by atoms with Crippen molar-refractivity contribution in [2.24, 2.45) is 5.92 Å². The summed E-state index contributed by atoms with van der Waals surface area (Å²) in [4.78, 5) is 16.1. The zero-order valence-corrected chi connectivity index (χ0v) is 14.0. The molecule has 0 aliphatic carbocycles. The highest BCUT2D eigenvalue weighted by molar-refractivity contribution is 6.42. The minimum atomic E-state index is 0.0917. The van der Waals surface area contributed by atoms with Gasteiger partial charge < -0.3 is 9.80 Å². The van der Waals surface area contributed by atoms with Gasteiger partial charge in [-0.05, 0) is 38.2 Å². The number of rotatable bonds is 6. The fourth-order valence-corrected chi connectivity index (χ4v) is 2.48. The van der Waals surface area contributed by atoms with Crippen LogP contribution in [0, 0.1) is 5.92 Å². The van der Waals surface area contributed by atoms with Crippen molar-refractivity contribution in [3.05, 3.63) is 28.2 Å². The lowest BCUT2D eigenvalue weighted by Crippen LogP contribution is -2.37. The average molecular weight is 317 g/mol. The van der Waals surface area contributed by atoms with Crippen molar-refractivity contribution in [2.75, 3.05) is 32.1 Å². The molecule has 1 atom stereocenters. The number of benzene rings is 1. The number of amides is 1. The van der Waals surface area contributed by atoms with E-state index in [1.807, 2.05) is 27.1 Å². The molecule has 0 spiro atoms. The zero-order chi connectivity index (χ0) is 15.3. The van der Waals surface area contributed by atoms with Crippen molar-refractivity contribution in [2.45, 2.75) is 20.3 Å². The van der Waals surface area contributed by atoms with E-state index in [1.165, 1.54) is 0 Å². The molecular weight excluding hydrogens is 295 g/mol. The summed E-state index contributed by atoms with van der Waals surface area (Å²) in [7, 11) is 4.06. The minimum absolute atomic E-state index is 0.0917. The summed E-state index contributed by atoms with van der Waals surface area (Å²) < 4.78 is 0. The number of nitrogens with zero attached hydrogens (tertiary/aromatic N) is 2. The maximum Gasteiger partial charge on any atom is 0.226 e. The van der Waals surface area contributed by atoms with Crippen LogP contribution in [0.4, 0.5) is 5.69 Å². The van der Waals surface area contributed by atoms with Gasteiger partial charge in [0.15, 0.2) is 0 Å². The summed E-state index contributed by atoms with van der Waals surface area (Å²) in [5.74, 6) is 0.462. The Bertz CT molecular complexity index is 463. The largest absolute Gasteiger partial charge is 0.312 e. The smallest absolute Gasteiger partial charge is 0.226 e. The van der Waals surface area contributed by atoms with Crippen LogP contribution in [0.2, 0.25) is 10.0 Å². The standard InChI is InChI=1S/C15H22Cl2N2O/c1-5-15(20)19(10-11(2)9-18(3)4)12-6-7-13(16)14(17)8-12/h6-8,11H,5,9-10H2,1-4H3. The molecule has 0 N–H and O–H groups in total. The predicted octanol–water partition coefficient (Wildman–Crippen LogP) is 3.93. The number of carbonyl (C=O) groups is 1. The van der Waals surface area contributed by atoms with Crippen LogP contribution >= 0.6 is 23.2 Å². The highest BCUT2D eigenvalue weighted by Gasteiger charge is 2.18. The van der Waals surface area contributed by atoms with Gasteiger partial charge in [0.25, 0.3) is 0 Å². The van der Waals surface area contributed by atoms with Crippen LogP contribution in [0.15, 0.2) is 18.2 Å². The van der Waals surface area contributed by atoms with Gasteiger partial charge in [0, 0.05) is 25.2 Å². The molecule has 112 valence electrons. The molecule has 1 rings (SSSR count). The van der Waals surface area contributed by atoms with E-state index >= 15 is 0 Å². The van der Waals surface area contributed by atoms with Gasteiger partial charge in [-0.3, -0.25) is 4.79 Å². The van der Waals surface area contributed by atoms with Gasteiger partial charge in [-0.1, -0.05) is 37.0 Å². The molecule has 3 nitrogen and oxygen atoms in total. The molecule has 0 fully saturated rings. The maximum absolute atomic E-state index is 12.2. The summed E-state index contributed by atoms with van der Waals surface area (Å²) >= 11 is 12.0. The fourth-order valence-electron chi connectivity index (χ4n) is 2.19. The average Bonchev–Trinajstić information content (AvgIpc) is 2.37. The predicted molar refractivity (Wildman–Crippen MR) is 86.8 cm³/mol. The van der Waals surface area contributed by atoms with Crippen molar-refractivity contribution in [1.82, 2.24) is 4.90 Å². The molecule has 1 aromatic carbocycles. The molecule has 0 bridgehead atoms. The molecule has 1 aromatic rings. The van der Waals surface area contributed by atoms with Crippen LogP contribution in [0.1, 0.15) is 20.3 Å². The molecule has 0 saturated heterocycles. The SMILES string of the molecule is CCC(=O)N(CC(C)CN(C)C)c1ccc(Cl)c(Cl)c1. The number of anilines is 1. The van der Waals surface area contributed by atoms with Crippen molar-refractivity contribution >= 4 is 34.8 Å². The second kappa shape index (κ2) is 7.87. The fraction of sp³-hybridized carbons (Fsp3) is 0.533. The zero-order valence-electron chi connectivity index (χ0n) is 12.5. The molecule has 5 heteroatoms. The summed E-state index contributed by atoms with van der Waals surface area (Å²) in [5, 5.41) is 0.971. The first-order valence-electron chi connectivity index (χ1n) is 6.75. The molecule has 1 amide bonds. The Morgan fingerprint density at radius 2 is 1.85 bits per heavy atom. The molecule has 0 aliphatic heterocycles. The van der Waals surface area contributed by atoms with Crippen molar-refractivity contribution in [1.29, 1.82) is 0 Å². The van der Waals surface area contributed by atoms with Crippen LogP contribution in [0.3, 0.4) is 0 Å². The van der Waals surface area contributed by atoms with Gasteiger partial charge in [0.05, 0.1) is 10.0 Å². The van der Waals surface area contributed by atoms with E-state index < -0.39 is 0 Å². The Morgan fingerprint density at radius 1 is 1.20 bits per heavy atom. The van der Waals surface area contributed by atoms with Gasteiger partial charge in [-0.2, -0.15) is 0 Å². The topological polar surface area (TPSA) is 23.6 Å². The summed E-state index contributed by atoms with van der Waals surface area (Å²) in [5.41, 5.74) is 0.803. The number of hydrogen-bond donors (Lipinski definition) is 0. The van der Waals surface area contributed by atoms with Gasteiger partial charge >= 0.3 is 0 Å². The summed E-state index contributed by atoms with van der Waals surface area (Å²) in [6.07, 6.45) is 0.467. The Morgan fingerprint density at radius 3 is 2.35 bits per heavy atom. The summed E-state index contributed by atoms with van der Waals surface area (Å²) in [6.45, 7) is 5.59. The van der Waals surface area contributed by atoms with Gasteiger partial charge in [-0.25, -0.2) is 0 Å². The van der Waals surface area contributed by atoms with Crippen molar-refractivity contribution < 1.29 is 4.79 Å². The third-order valence-electron chi connectivity index (χ3n) is 2.99. The van der Waals surface area contributed by atoms with Crippen molar-refractivity contribution in [3.63, 3.8) is 0 Å². The Balaban J connectivity index is 2.94. The quantitative estimate of drug-likeness (QED) is 0.793. The Labute approximate surface area is 131 Å². The summed E-state index contributed by atoms with van der Waals surface area (Å²) in [6, 6.07) is 5.32. The van der Waals surface area contributed by atoms with Crippen LogP contribution in [-0.4, -0.2) is 38.0 Å².